The molecule has 3 rings (SSSR count). The Balaban J connectivity index is 1.94. The summed E-state index contributed by atoms with van der Waals surface area (Å²) in [6, 6.07) is 11.0. The molecule has 0 fully saturated rings. The van der Waals surface area contributed by atoms with Crippen LogP contribution in [-0.4, -0.2) is 18.3 Å². The van der Waals surface area contributed by atoms with Crippen LogP contribution in [0.25, 0.3) is 6.08 Å². The standard InChI is InChI=1S/C19H17NO4/c1-11-5-3-4-6-13(11)8-16-19(22)18-12(2)7-14(9-15(18)24-16)23-10-17(20)21/h3-9H,10H2,1-2H3,(H2,20,21)/b16-8-. The molecule has 2 N–H and O–H groups in total. The molecule has 0 aromatic heterocycles. The highest BCUT2D eigenvalue weighted by molar-refractivity contribution is 6.15. The van der Waals surface area contributed by atoms with E-state index in [2.05, 4.69) is 0 Å². The Morgan fingerprint density at radius 2 is 1.96 bits per heavy atom. The lowest BCUT2D eigenvalue weighted by Crippen LogP contribution is -2.20. The number of fused-ring (bicyclic) bond motifs is 1. The predicted octanol–water partition coefficient (Wildman–Crippen LogP) is 2.78. The van der Waals surface area contributed by atoms with Crippen molar-refractivity contribution in [2.75, 3.05) is 6.61 Å². The molecule has 1 amide bonds. The average Bonchev–Trinajstić information content (AvgIpc) is 2.84. The molecule has 5 heteroatoms. The third-order valence-electron chi connectivity index (χ3n) is 3.80. The van der Waals surface area contributed by atoms with Crippen LogP contribution in [0.4, 0.5) is 0 Å². The van der Waals surface area contributed by atoms with E-state index in [0.29, 0.717) is 17.1 Å². The molecule has 0 aliphatic carbocycles. The summed E-state index contributed by atoms with van der Waals surface area (Å²) < 4.78 is 11.0. The molecule has 24 heavy (non-hydrogen) atoms. The number of carbonyl (C=O) groups is 2. The number of allylic oxidation sites excluding steroid dienone is 1. The van der Waals surface area contributed by atoms with E-state index >= 15 is 0 Å². The molecule has 0 saturated heterocycles. The highest BCUT2D eigenvalue weighted by Gasteiger charge is 2.30. The van der Waals surface area contributed by atoms with Crippen molar-refractivity contribution >= 4 is 17.8 Å². The van der Waals surface area contributed by atoms with Crippen molar-refractivity contribution in [2.45, 2.75) is 13.8 Å². The lowest BCUT2D eigenvalue weighted by molar-refractivity contribution is -0.119. The zero-order valence-electron chi connectivity index (χ0n) is 13.5. The molecule has 2 aromatic rings. The summed E-state index contributed by atoms with van der Waals surface area (Å²) in [7, 11) is 0. The second-order valence-electron chi connectivity index (χ2n) is 5.66. The van der Waals surface area contributed by atoms with Crippen molar-refractivity contribution in [2.24, 2.45) is 5.73 Å². The number of Topliss-reactive ketones (excluding diaryl/α,β-unsaturated/α-hetero) is 1. The summed E-state index contributed by atoms with van der Waals surface area (Å²) in [4.78, 5) is 23.4. The predicted molar refractivity (Wildman–Crippen MR) is 90.0 cm³/mol. The van der Waals surface area contributed by atoms with Gasteiger partial charge in [0.25, 0.3) is 5.91 Å². The highest BCUT2D eigenvalue weighted by atomic mass is 16.5. The monoisotopic (exact) mass is 323 g/mol. The van der Waals surface area contributed by atoms with Crippen molar-refractivity contribution in [3.8, 4) is 11.5 Å². The number of ketones is 1. The number of nitrogens with two attached hydrogens (primary N) is 1. The van der Waals surface area contributed by atoms with Crippen LogP contribution in [0, 0.1) is 13.8 Å². The molecule has 5 nitrogen and oxygen atoms in total. The van der Waals surface area contributed by atoms with Crippen molar-refractivity contribution in [1.29, 1.82) is 0 Å². The molecular formula is C19H17NO4. The number of primary amides is 1. The molecule has 1 aliphatic heterocycles. The van der Waals surface area contributed by atoms with E-state index in [1.54, 1.807) is 25.1 Å². The Labute approximate surface area is 139 Å². The molecule has 0 atom stereocenters. The third kappa shape index (κ3) is 3.01. The summed E-state index contributed by atoms with van der Waals surface area (Å²) >= 11 is 0. The fraction of sp³-hybridized carbons (Fsp3) is 0.158. The molecule has 0 saturated carbocycles. The van der Waals surface area contributed by atoms with Crippen LogP contribution < -0.4 is 15.2 Å². The first kappa shape index (κ1) is 15.8. The Morgan fingerprint density at radius 3 is 2.67 bits per heavy atom. The van der Waals surface area contributed by atoms with E-state index in [-0.39, 0.29) is 18.1 Å². The fourth-order valence-corrected chi connectivity index (χ4v) is 2.61. The van der Waals surface area contributed by atoms with Crippen LogP contribution in [0.2, 0.25) is 0 Å². The first-order valence-corrected chi connectivity index (χ1v) is 7.51. The highest BCUT2D eigenvalue weighted by Crippen LogP contribution is 2.37. The van der Waals surface area contributed by atoms with Crippen LogP contribution in [-0.2, 0) is 4.79 Å². The van der Waals surface area contributed by atoms with Gasteiger partial charge >= 0.3 is 0 Å². The summed E-state index contributed by atoms with van der Waals surface area (Å²) in [5.74, 6) is 0.418. The maximum atomic E-state index is 12.6. The van der Waals surface area contributed by atoms with Crippen molar-refractivity contribution in [1.82, 2.24) is 0 Å². The van der Waals surface area contributed by atoms with Crippen molar-refractivity contribution in [3.63, 3.8) is 0 Å². The molecule has 0 bridgehead atoms. The summed E-state index contributed by atoms with van der Waals surface area (Å²) in [6.07, 6.45) is 1.74. The van der Waals surface area contributed by atoms with E-state index in [4.69, 9.17) is 15.2 Å². The van der Waals surface area contributed by atoms with Gasteiger partial charge in [-0.15, -0.1) is 0 Å². The normalized spacial score (nSPS) is 14.4. The third-order valence-corrected chi connectivity index (χ3v) is 3.80. The van der Waals surface area contributed by atoms with Gasteiger partial charge in [-0.3, -0.25) is 9.59 Å². The van der Waals surface area contributed by atoms with Gasteiger partial charge in [0, 0.05) is 6.07 Å². The van der Waals surface area contributed by atoms with Gasteiger partial charge in [0.15, 0.2) is 12.4 Å². The van der Waals surface area contributed by atoms with E-state index in [0.717, 1.165) is 16.7 Å². The van der Waals surface area contributed by atoms with Gasteiger partial charge in [0.1, 0.15) is 11.5 Å². The van der Waals surface area contributed by atoms with Crippen molar-refractivity contribution < 1.29 is 19.1 Å². The smallest absolute Gasteiger partial charge is 0.255 e. The molecular weight excluding hydrogens is 306 g/mol. The number of carbonyl (C=O) groups excluding carboxylic acids is 2. The number of rotatable bonds is 4. The van der Waals surface area contributed by atoms with Crippen LogP contribution in [0.15, 0.2) is 42.2 Å². The second kappa shape index (κ2) is 6.20. The maximum absolute atomic E-state index is 12.6. The van der Waals surface area contributed by atoms with Gasteiger partial charge in [-0.25, -0.2) is 0 Å². The lowest BCUT2D eigenvalue weighted by atomic mass is 10.0. The Kier molecular flexibility index (Phi) is 4.08. The molecule has 122 valence electrons. The number of aryl methyl sites for hydroxylation is 2. The summed E-state index contributed by atoms with van der Waals surface area (Å²) in [6.45, 7) is 3.55. The zero-order chi connectivity index (χ0) is 17.3. The summed E-state index contributed by atoms with van der Waals surface area (Å²) in [5.41, 5.74) is 8.30. The Bertz CT molecular complexity index is 868. The maximum Gasteiger partial charge on any atom is 0.255 e. The minimum atomic E-state index is -0.565. The van der Waals surface area contributed by atoms with E-state index in [1.165, 1.54) is 0 Å². The van der Waals surface area contributed by atoms with E-state index < -0.39 is 5.91 Å². The first-order valence-electron chi connectivity index (χ1n) is 7.51. The Hall–Kier alpha value is -3.08. The topological polar surface area (TPSA) is 78.6 Å². The van der Waals surface area contributed by atoms with Crippen LogP contribution in [0.1, 0.15) is 27.0 Å². The Morgan fingerprint density at radius 1 is 1.21 bits per heavy atom. The molecule has 1 heterocycles. The molecule has 1 aliphatic rings. The number of hydrogen-bond donors (Lipinski definition) is 1. The largest absolute Gasteiger partial charge is 0.484 e. The summed E-state index contributed by atoms with van der Waals surface area (Å²) in [5, 5.41) is 0. The van der Waals surface area contributed by atoms with Gasteiger partial charge in [0.2, 0.25) is 5.78 Å². The first-order chi connectivity index (χ1) is 11.5. The molecule has 0 unspecified atom stereocenters. The van der Waals surface area contributed by atoms with E-state index in [1.807, 2.05) is 31.2 Å². The van der Waals surface area contributed by atoms with Gasteiger partial charge in [0.05, 0.1) is 5.56 Å². The minimum Gasteiger partial charge on any atom is -0.484 e. The van der Waals surface area contributed by atoms with Crippen LogP contribution in [0.5, 0.6) is 11.5 Å². The quantitative estimate of drug-likeness (QED) is 0.878. The van der Waals surface area contributed by atoms with Gasteiger partial charge in [-0.1, -0.05) is 24.3 Å². The van der Waals surface area contributed by atoms with Gasteiger partial charge in [-0.2, -0.15) is 0 Å². The van der Waals surface area contributed by atoms with Gasteiger partial charge < -0.3 is 15.2 Å². The number of hydrogen-bond acceptors (Lipinski definition) is 4. The van der Waals surface area contributed by atoms with Crippen LogP contribution in [0.3, 0.4) is 0 Å². The number of ether oxygens (including phenoxy) is 2. The lowest BCUT2D eigenvalue weighted by Gasteiger charge is -2.07. The number of benzene rings is 2. The number of amides is 1. The zero-order valence-corrected chi connectivity index (χ0v) is 13.5. The second-order valence-corrected chi connectivity index (χ2v) is 5.66. The minimum absolute atomic E-state index is 0.160. The van der Waals surface area contributed by atoms with Crippen LogP contribution >= 0.6 is 0 Å². The SMILES string of the molecule is Cc1ccccc1/C=C1\Oc2cc(OCC(N)=O)cc(C)c2C1=O. The molecule has 0 spiro atoms. The van der Waals surface area contributed by atoms with Crippen molar-refractivity contribution in [3.05, 3.63) is 64.4 Å². The van der Waals surface area contributed by atoms with Gasteiger partial charge in [-0.05, 0) is 42.7 Å². The average molecular weight is 323 g/mol. The molecule has 0 radical (unpaired) electrons. The fourth-order valence-electron chi connectivity index (χ4n) is 2.61. The molecule has 2 aromatic carbocycles. The van der Waals surface area contributed by atoms with E-state index in [9.17, 15) is 9.59 Å².